The van der Waals surface area contributed by atoms with E-state index in [1.165, 1.54) is 17.4 Å². The summed E-state index contributed by atoms with van der Waals surface area (Å²) in [6, 6.07) is 3.75. The third-order valence-electron chi connectivity index (χ3n) is 1.68. The molecule has 0 spiro atoms. The second-order valence-corrected chi connectivity index (χ2v) is 2.71. The number of para-hydroxylation sites is 2. The van der Waals surface area contributed by atoms with Crippen molar-refractivity contribution < 1.29 is 14.3 Å². The number of nitrogens with one attached hydrogen (secondary N) is 1. The van der Waals surface area contributed by atoms with Crippen LogP contribution in [0.2, 0.25) is 0 Å². The molecule has 0 unspecified atom stereocenters. The average Bonchev–Trinajstić information content (AvgIpc) is 2.38. The monoisotopic (exact) mass is 194 g/mol. The van der Waals surface area contributed by atoms with Crippen LogP contribution in [0.4, 0.5) is 9.18 Å². The van der Waals surface area contributed by atoms with Crippen molar-refractivity contribution in [3.63, 3.8) is 0 Å². The van der Waals surface area contributed by atoms with Crippen molar-refractivity contribution in [3.05, 3.63) is 35.0 Å². The summed E-state index contributed by atoms with van der Waals surface area (Å²) in [4.78, 5) is 17.0. The van der Waals surface area contributed by atoms with E-state index in [2.05, 4.69) is 9.98 Å². The number of carbonyl (C=O) groups is 1. The molecule has 0 aromatic heterocycles. The summed E-state index contributed by atoms with van der Waals surface area (Å²) in [5, 5.41) is 12.2. The van der Waals surface area contributed by atoms with Crippen molar-refractivity contribution >= 4 is 6.09 Å². The highest BCUT2D eigenvalue weighted by Crippen LogP contribution is 2.10. The molecule has 1 aliphatic heterocycles. The molecule has 6 heteroatoms. The van der Waals surface area contributed by atoms with Crippen LogP contribution in [-0.4, -0.2) is 12.1 Å². The van der Waals surface area contributed by atoms with Crippen molar-refractivity contribution in [2.75, 3.05) is 0 Å². The highest BCUT2D eigenvalue weighted by atomic mass is 19.2. The van der Waals surface area contributed by atoms with Crippen LogP contribution in [0.1, 0.15) is 0 Å². The Hall–Kier alpha value is -1.98. The van der Waals surface area contributed by atoms with Crippen LogP contribution in [0, 0.1) is 0 Å². The Kier molecular flexibility index (Phi) is 1.70. The van der Waals surface area contributed by atoms with Crippen LogP contribution in [0.5, 0.6) is 0 Å². The summed E-state index contributed by atoms with van der Waals surface area (Å²) in [5.41, 5.74) is 0. The molecule has 0 saturated carbocycles. The second kappa shape index (κ2) is 2.76. The number of carbonyl (C=O) groups excluding carboxylic acids is 1. The molecule has 2 rings (SSSR count). The van der Waals surface area contributed by atoms with Crippen LogP contribution in [0.3, 0.4) is 0 Å². The van der Waals surface area contributed by atoms with Crippen LogP contribution in [0.15, 0.2) is 34.3 Å². The van der Waals surface area contributed by atoms with E-state index < -0.39 is 12.1 Å². The molecule has 14 heavy (non-hydrogen) atoms. The highest BCUT2D eigenvalue weighted by Gasteiger charge is 2.30. The Balaban J connectivity index is 2.48. The molecule has 0 bridgehead atoms. The number of rotatable bonds is 1. The van der Waals surface area contributed by atoms with Gasteiger partial charge in [-0.3, -0.25) is 0 Å². The van der Waals surface area contributed by atoms with Gasteiger partial charge in [0, 0.05) is 0 Å². The minimum absolute atomic E-state index is 0.309. The number of amides is 1. The average molecular weight is 194 g/mol. The van der Waals surface area contributed by atoms with Crippen molar-refractivity contribution in [2.45, 2.75) is 6.04 Å². The number of alkyl halides is 1. The molecule has 0 saturated heterocycles. The fraction of sp³-hybridized carbons (Fsp3) is 0.125. The van der Waals surface area contributed by atoms with Gasteiger partial charge < -0.3 is 15.2 Å². The second-order valence-electron chi connectivity index (χ2n) is 2.71. The van der Waals surface area contributed by atoms with E-state index in [0.717, 1.165) is 0 Å². The number of hydrogen-bond donors (Lipinski definition) is 1. The molecule has 1 aromatic rings. The zero-order valence-electron chi connectivity index (χ0n) is 6.90. The summed E-state index contributed by atoms with van der Waals surface area (Å²) in [6.45, 7) is 0. The minimum Gasteiger partial charge on any atom is -0.530 e. The fourth-order valence-electron chi connectivity index (χ4n) is 1.18. The molecule has 1 aliphatic rings. The van der Waals surface area contributed by atoms with Gasteiger partial charge in [-0.05, 0) is 12.1 Å². The maximum absolute atomic E-state index is 13.5. The number of hydrogen-bond acceptors (Lipinski definition) is 4. The molecule has 72 valence electrons. The van der Waals surface area contributed by atoms with E-state index in [9.17, 15) is 14.3 Å². The van der Waals surface area contributed by atoms with Crippen LogP contribution < -0.4 is 21.1 Å². The van der Waals surface area contributed by atoms with Gasteiger partial charge in [0.05, 0.1) is 10.7 Å². The SMILES string of the molecule is O=C([O-])NC1(F)N=c2ccccc2=N1. The summed E-state index contributed by atoms with van der Waals surface area (Å²) in [6.07, 6.45) is -1.76. The summed E-state index contributed by atoms with van der Waals surface area (Å²) < 4.78 is 13.5. The van der Waals surface area contributed by atoms with Crippen molar-refractivity contribution in [2.24, 2.45) is 9.98 Å². The first-order valence-corrected chi connectivity index (χ1v) is 3.82. The highest BCUT2D eigenvalue weighted by molar-refractivity contribution is 5.62. The lowest BCUT2D eigenvalue weighted by molar-refractivity contribution is -0.255. The molecule has 5 nitrogen and oxygen atoms in total. The van der Waals surface area contributed by atoms with Crippen molar-refractivity contribution in [3.8, 4) is 0 Å². The third kappa shape index (κ3) is 1.41. The fourth-order valence-corrected chi connectivity index (χ4v) is 1.18. The van der Waals surface area contributed by atoms with Crippen LogP contribution >= 0.6 is 0 Å². The molecule has 1 heterocycles. The smallest absolute Gasteiger partial charge is 0.381 e. The molecule has 1 aromatic carbocycles. The van der Waals surface area contributed by atoms with E-state index in [-0.39, 0.29) is 0 Å². The first-order valence-electron chi connectivity index (χ1n) is 3.82. The van der Waals surface area contributed by atoms with Gasteiger partial charge in [-0.1, -0.05) is 12.1 Å². The van der Waals surface area contributed by atoms with Crippen LogP contribution in [-0.2, 0) is 0 Å². The molecule has 0 fully saturated rings. The molecule has 1 amide bonds. The first-order chi connectivity index (χ1) is 6.59. The van der Waals surface area contributed by atoms with Gasteiger partial charge in [-0.25, -0.2) is 9.98 Å². The molecular weight excluding hydrogens is 189 g/mol. The predicted molar refractivity (Wildman–Crippen MR) is 41.1 cm³/mol. The standard InChI is InChI=1S/C8H6FN3O2/c9-8(12-7(13)14)10-5-3-1-2-4-6(5)11-8/h1-4,12H,(H,13,14)/p-1. The normalized spacial score (nSPS) is 16.4. The van der Waals surface area contributed by atoms with Gasteiger partial charge in [0.15, 0.2) is 0 Å². The molecular formula is C8H5FN3O2-. The number of benzene rings is 1. The lowest BCUT2D eigenvalue weighted by atomic mass is 10.3. The number of fused-ring (bicyclic) bond motifs is 1. The lowest BCUT2D eigenvalue weighted by Gasteiger charge is -2.15. The molecule has 1 N–H and O–H groups in total. The minimum atomic E-state index is -2.64. The number of nitrogens with zero attached hydrogens (tertiary/aromatic N) is 2. The Morgan fingerprint density at radius 2 is 1.86 bits per heavy atom. The van der Waals surface area contributed by atoms with E-state index in [4.69, 9.17) is 0 Å². The quantitative estimate of drug-likeness (QED) is 0.549. The zero-order chi connectivity index (χ0) is 10.2. The molecule has 0 atom stereocenters. The van der Waals surface area contributed by atoms with Gasteiger partial charge in [-0.15, -0.1) is 0 Å². The molecule has 0 aliphatic carbocycles. The maximum atomic E-state index is 13.5. The Bertz CT molecular complexity index is 465. The third-order valence-corrected chi connectivity index (χ3v) is 1.68. The van der Waals surface area contributed by atoms with Crippen LogP contribution in [0.25, 0.3) is 0 Å². The first kappa shape index (κ1) is 8.61. The summed E-state index contributed by atoms with van der Waals surface area (Å²) >= 11 is 0. The number of carboxylic acid groups (broad SMARTS) is 1. The zero-order valence-corrected chi connectivity index (χ0v) is 6.90. The predicted octanol–water partition coefficient (Wildman–Crippen LogP) is -1.55. The van der Waals surface area contributed by atoms with Crippen molar-refractivity contribution in [1.82, 2.24) is 5.32 Å². The van der Waals surface area contributed by atoms with E-state index in [1.807, 2.05) is 0 Å². The van der Waals surface area contributed by atoms with E-state index in [1.54, 1.807) is 12.1 Å². The van der Waals surface area contributed by atoms with E-state index in [0.29, 0.717) is 10.7 Å². The van der Waals surface area contributed by atoms with Gasteiger partial charge >= 0.3 is 6.04 Å². The Labute approximate surface area is 77.6 Å². The van der Waals surface area contributed by atoms with Gasteiger partial charge in [0.25, 0.3) is 0 Å². The topological polar surface area (TPSA) is 76.9 Å². The summed E-state index contributed by atoms with van der Waals surface area (Å²) in [7, 11) is 0. The van der Waals surface area contributed by atoms with Gasteiger partial charge in [0.2, 0.25) is 0 Å². The Morgan fingerprint density at radius 3 is 2.29 bits per heavy atom. The lowest BCUT2D eigenvalue weighted by Crippen LogP contribution is -2.48. The molecule has 0 radical (unpaired) electrons. The van der Waals surface area contributed by atoms with Crippen molar-refractivity contribution in [1.29, 1.82) is 0 Å². The summed E-state index contributed by atoms with van der Waals surface area (Å²) in [5.74, 6) is 0. The largest absolute Gasteiger partial charge is 0.530 e. The van der Waals surface area contributed by atoms with E-state index >= 15 is 0 Å². The van der Waals surface area contributed by atoms with Gasteiger partial charge in [0.1, 0.15) is 6.09 Å². The van der Waals surface area contributed by atoms with Gasteiger partial charge in [-0.2, -0.15) is 4.39 Å². The maximum Gasteiger partial charge on any atom is 0.381 e. The Morgan fingerprint density at radius 1 is 1.36 bits per heavy atom. The number of halogens is 1.